The van der Waals surface area contributed by atoms with Crippen molar-refractivity contribution < 1.29 is 13.2 Å². The van der Waals surface area contributed by atoms with Crippen molar-refractivity contribution in [2.75, 3.05) is 13.1 Å². The van der Waals surface area contributed by atoms with E-state index in [1.807, 2.05) is 0 Å². The van der Waals surface area contributed by atoms with E-state index in [9.17, 15) is 13.2 Å². The van der Waals surface area contributed by atoms with Crippen LogP contribution < -0.4 is 0 Å². The van der Waals surface area contributed by atoms with E-state index < -0.39 is 17.5 Å². The van der Waals surface area contributed by atoms with Crippen LogP contribution in [-0.2, 0) is 6.54 Å². The van der Waals surface area contributed by atoms with Gasteiger partial charge in [-0.15, -0.1) is 0 Å². The predicted molar refractivity (Wildman–Crippen MR) is 55.4 cm³/mol. The molecule has 1 aliphatic heterocycles. The molecule has 2 rings (SSSR count). The van der Waals surface area contributed by atoms with E-state index in [2.05, 4.69) is 4.90 Å². The molecule has 1 heterocycles. The summed E-state index contributed by atoms with van der Waals surface area (Å²) in [5.74, 6) is -3.60. The molecular formula is C12H14F3N. The Morgan fingerprint density at radius 1 is 0.938 bits per heavy atom. The molecule has 88 valence electrons. The second-order valence-electron chi connectivity index (χ2n) is 4.21. The largest absolute Gasteiger partial charge is 0.299 e. The Kier molecular flexibility index (Phi) is 3.49. The lowest BCUT2D eigenvalue weighted by molar-refractivity contribution is 0.220. The Labute approximate surface area is 92.9 Å². The van der Waals surface area contributed by atoms with E-state index in [1.165, 1.54) is 6.42 Å². The van der Waals surface area contributed by atoms with Gasteiger partial charge in [0, 0.05) is 6.54 Å². The lowest BCUT2D eigenvalue weighted by Crippen LogP contribution is -2.29. The van der Waals surface area contributed by atoms with Gasteiger partial charge in [-0.3, -0.25) is 4.90 Å². The highest BCUT2D eigenvalue weighted by Crippen LogP contribution is 2.17. The van der Waals surface area contributed by atoms with Crippen LogP contribution in [0.5, 0.6) is 0 Å². The molecule has 0 radical (unpaired) electrons. The molecule has 16 heavy (non-hydrogen) atoms. The molecule has 0 bridgehead atoms. The Morgan fingerprint density at radius 2 is 1.50 bits per heavy atom. The van der Waals surface area contributed by atoms with Crippen LogP contribution in [0, 0.1) is 17.5 Å². The minimum absolute atomic E-state index is 0.494. The number of rotatable bonds is 2. The molecule has 0 aromatic heterocycles. The smallest absolute Gasteiger partial charge is 0.194 e. The summed E-state index contributed by atoms with van der Waals surface area (Å²) in [6.45, 7) is 2.38. The van der Waals surface area contributed by atoms with Gasteiger partial charge in [0.1, 0.15) is 0 Å². The van der Waals surface area contributed by atoms with Crippen LogP contribution >= 0.6 is 0 Å². The molecule has 0 N–H and O–H groups in total. The summed E-state index contributed by atoms with van der Waals surface area (Å²) in [6.07, 6.45) is 3.45. The number of nitrogens with zero attached hydrogens (tertiary/aromatic N) is 1. The zero-order valence-electron chi connectivity index (χ0n) is 8.98. The highest BCUT2D eigenvalue weighted by molar-refractivity contribution is 5.19. The fourth-order valence-electron chi connectivity index (χ4n) is 2.08. The number of halogens is 3. The highest BCUT2D eigenvalue weighted by Gasteiger charge is 2.14. The normalized spacial score (nSPS) is 17.7. The molecule has 0 amide bonds. The molecule has 1 aromatic rings. The van der Waals surface area contributed by atoms with Crippen molar-refractivity contribution in [3.8, 4) is 0 Å². The number of piperidine rings is 1. The molecular weight excluding hydrogens is 215 g/mol. The first-order valence-corrected chi connectivity index (χ1v) is 5.52. The van der Waals surface area contributed by atoms with Crippen LogP contribution in [0.15, 0.2) is 12.1 Å². The minimum atomic E-state index is -1.39. The van der Waals surface area contributed by atoms with Crippen molar-refractivity contribution in [1.29, 1.82) is 0 Å². The fourth-order valence-corrected chi connectivity index (χ4v) is 2.08. The molecule has 1 aliphatic rings. The third-order valence-corrected chi connectivity index (χ3v) is 2.90. The Hall–Kier alpha value is -1.03. The third-order valence-electron chi connectivity index (χ3n) is 2.90. The Balaban J connectivity index is 2.09. The summed E-state index contributed by atoms with van der Waals surface area (Å²) in [4.78, 5) is 2.13. The maximum absolute atomic E-state index is 13.0. The van der Waals surface area contributed by atoms with Crippen LogP contribution in [0.2, 0.25) is 0 Å². The summed E-state index contributed by atoms with van der Waals surface area (Å²) in [6, 6.07) is 2.15. The van der Waals surface area contributed by atoms with Gasteiger partial charge in [0.15, 0.2) is 17.5 Å². The Morgan fingerprint density at radius 3 is 2.06 bits per heavy atom. The summed E-state index contributed by atoms with van der Waals surface area (Å²) >= 11 is 0. The van der Waals surface area contributed by atoms with E-state index in [1.54, 1.807) is 0 Å². The lowest BCUT2D eigenvalue weighted by atomic mass is 10.1. The van der Waals surface area contributed by atoms with Crippen LogP contribution in [0.3, 0.4) is 0 Å². The summed E-state index contributed by atoms with van der Waals surface area (Å²) in [7, 11) is 0. The van der Waals surface area contributed by atoms with Crippen molar-refractivity contribution in [1.82, 2.24) is 4.90 Å². The highest BCUT2D eigenvalue weighted by atomic mass is 19.2. The van der Waals surface area contributed by atoms with Gasteiger partial charge >= 0.3 is 0 Å². The first kappa shape index (κ1) is 11.5. The van der Waals surface area contributed by atoms with E-state index in [0.717, 1.165) is 38.1 Å². The van der Waals surface area contributed by atoms with Gasteiger partial charge < -0.3 is 0 Å². The average molecular weight is 229 g/mol. The van der Waals surface area contributed by atoms with Gasteiger partial charge in [0.05, 0.1) is 0 Å². The monoisotopic (exact) mass is 229 g/mol. The van der Waals surface area contributed by atoms with Gasteiger partial charge in [-0.2, -0.15) is 0 Å². The standard InChI is InChI=1S/C12H14F3N/c13-10-6-9(7-11(14)12(10)15)8-16-4-2-1-3-5-16/h6-7H,1-5,8H2. The van der Waals surface area contributed by atoms with Crippen molar-refractivity contribution in [2.24, 2.45) is 0 Å². The lowest BCUT2D eigenvalue weighted by Gasteiger charge is -2.26. The third kappa shape index (κ3) is 2.55. The molecule has 1 aromatic carbocycles. The van der Waals surface area contributed by atoms with E-state index in [4.69, 9.17) is 0 Å². The minimum Gasteiger partial charge on any atom is -0.299 e. The summed E-state index contributed by atoms with van der Waals surface area (Å²) in [5, 5.41) is 0. The van der Waals surface area contributed by atoms with Crippen LogP contribution in [0.25, 0.3) is 0 Å². The topological polar surface area (TPSA) is 3.24 Å². The molecule has 4 heteroatoms. The van der Waals surface area contributed by atoms with E-state index >= 15 is 0 Å². The predicted octanol–water partition coefficient (Wildman–Crippen LogP) is 3.09. The second kappa shape index (κ2) is 4.87. The van der Waals surface area contributed by atoms with Crippen molar-refractivity contribution in [2.45, 2.75) is 25.8 Å². The van der Waals surface area contributed by atoms with Crippen LogP contribution in [0.4, 0.5) is 13.2 Å². The van der Waals surface area contributed by atoms with Gasteiger partial charge in [0.25, 0.3) is 0 Å². The fraction of sp³-hybridized carbons (Fsp3) is 0.500. The van der Waals surface area contributed by atoms with Crippen molar-refractivity contribution >= 4 is 0 Å². The average Bonchev–Trinajstić information content (AvgIpc) is 2.27. The molecule has 0 aliphatic carbocycles. The molecule has 0 saturated carbocycles. The number of likely N-dealkylation sites (tertiary alicyclic amines) is 1. The van der Waals surface area contributed by atoms with Gasteiger partial charge in [-0.05, 0) is 43.6 Å². The maximum Gasteiger partial charge on any atom is 0.194 e. The van der Waals surface area contributed by atoms with Gasteiger partial charge in [0.2, 0.25) is 0 Å². The maximum atomic E-state index is 13.0. The number of hydrogen-bond acceptors (Lipinski definition) is 1. The summed E-state index contributed by atoms with van der Waals surface area (Å²) < 4.78 is 38.6. The SMILES string of the molecule is Fc1cc(CN2CCCCC2)cc(F)c1F. The zero-order valence-corrected chi connectivity index (χ0v) is 8.98. The number of benzene rings is 1. The first-order chi connectivity index (χ1) is 7.66. The quantitative estimate of drug-likeness (QED) is 0.704. The molecule has 0 spiro atoms. The molecule has 1 saturated heterocycles. The van der Waals surface area contributed by atoms with Gasteiger partial charge in [-0.25, -0.2) is 13.2 Å². The number of hydrogen-bond donors (Lipinski definition) is 0. The Bertz CT molecular complexity index is 350. The van der Waals surface area contributed by atoms with E-state index in [0.29, 0.717) is 12.1 Å². The van der Waals surface area contributed by atoms with E-state index in [-0.39, 0.29) is 0 Å². The molecule has 0 atom stereocenters. The first-order valence-electron chi connectivity index (χ1n) is 5.52. The molecule has 1 nitrogen and oxygen atoms in total. The van der Waals surface area contributed by atoms with Crippen molar-refractivity contribution in [3.63, 3.8) is 0 Å². The van der Waals surface area contributed by atoms with Crippen molar-refractivity contribution in [3.05, 3.63) is 35.1 Å². The second-order valence-corrected chi connectivity index (χ2v) is 4.21. The molecule has 1 fully saturated rings. The van der Waals surface area contributed by atoms with Crippen LogP contribution in [0.1, 0.15) is 24.8 Å². The van der Waals surface area contributed by atoms with Gasteiger partial charge in [-0.1, -0.05) is 6.42 Å². The van der Waals surface area contributed by atoms with Crippen LogP contribution in [-0.4, -0.2) is 18.0 Å². The molecule has 0 unspecified atom stereocenters. The zero-order chi connectivity index (χ0) is 11.5. The summed E-state index contributed by atoms with van der Waals surface area (Å²) in [5.41, 5.74) is 0.498.